The zero-order chi connectivity index (χ0) is 12.3. The minimum absolute atomic E-state index is 0.159. The van der Waals surface area contributed by atoms with Gasteiger partial charge in [-0.15, -0.1) is 0 Å². The maximum absolute atomic E-state index is 6.54. The first kappa shape index (κ1) is 12.6. The van der Waals surface area contributed by atoms with Gasteiger partial charge in [-0.1, -0.05) is 61.9 Å². The van der Waals surface area contributed by atoms with E-state index in [0.29, 0.717) is 0 Å². The summed E-state index contributed by atoms with van der Waals surface area (Å²) >= 11 is 0. The summed E-state index contributed by atoms with van der Waals surface area (Å²) in [6, 6.07) is 8.68. The molecule has 1 heteroatoms. The maximum atomic E-state index is 6.54. The van der Waals surface area contributed by atoms with Crippen LogP contribution in [0.15, 0.2) is 24.3 Å². The molecular formula is C16H25N. The second-order valence-corrected chi connectivity index (χ2v) is 6.00. The van der Waals surface area contributed by atoms with E-state index in [0.717, 1.165) is 12.3 Å². The highest BCUT2D eigenvalue weighted by atomic mass is 14.7. The van der Waals surface area contributed by atoms with Gasteiger partial charge >= 0.3 is 0 Å². The van der Waals surface area contributed by atoms with E-state index < -0.39 is 0 Å². The van der Waals surface area contributed by atoms with Crippen molar-refractivity contribution in [2.24, 2.45) is 11.7 Å². The predicted octanol–water partition coefficient (Wildman–Crippen LogP) is 4.14. The Bertz CT molecular complexity index is 362. The zero-order valence-electron chi connectivity index (χ0n) is 11.2. The number of rotatable bonds is 3. The SMILES string of the molecule is Cc1cccc(C(C)(N)CC2CCCCC2)c1. The quantitative estimate of drug-likeness (QED) is 0.831. The Hall–Kier alpha value is -0.820. The first-order chi connectivity index (χ1) is 8.08. The number of aryl methyl sites for hydroxylation is 1. The van der Waals surface area contributed by atoms with Crippen molar-refractivity contribution in [3.63, 3.8) is 0 Å². The van der Waals surface area contributed by atoms with Crippen LogP contribution in [0, 0.1) is 12.8 Å². The van der Waals surface area contributed by atoms with Crippen LogP contribution in [-0.2, 0) is 5.54 Å². The Morgan fingerprint density at radius 1 is 1.24 bits per heavy atom. The van der Waals surface area contributed by atoms with Crippen molar-refractivity contribution in [3.8, 4) is 0 Å². The molecule has 0 aliphatic heterocycles. The molecule has 0 bridgehead atoms. The third-order valence-corrected chi connectivity index (χ3v) is 4.11. The monoisotopic (exact) mass is 231 g/mol. The maximum Gasteiger partial charge on any atom is 0.0383 e. The highest BCUT2D eigenvalue weighted by Gasteiger charge is 2.26. The van der Waals surface area contributed by atoms with Gasteiger partial charge in [0.1, 0.15) is 0 Å². The molecule has 1 fully saturated rings. The summed E-state index contributed by atoms with van der Waals surface area (Å²) in [5.74, 6) is 0.833. The molecule has 0 amide bonds. The smallest absolute Gasteiger partial charge is 0.0383 e. The number of hydrogen-bond acceptors (Lipinski definition) is 1. The van der Waals surface area contributed by atoms with Gasteiger partial charge in [0, 0.05) is 5.54 Å². The summed E-state index contributed by atoms with van der Waals surface area (Å²) in [5, 5.41) is 0. The average molecular weight is 231 g/mol. The van der Waals surface area contributed by atoms with E-state index in [-0.39, 0.29) is 5.54 Å². The molecule has 1 nitrogen and oxygen atoms in total. The Labute approximate surface area is 105 Å². The second kappa shape index (κ2) is 5.22. The van der Waals surface area contributed by atoms with Crippen molar-refractivity contribution >= 4 is 0 Å². The van der Waals surface area contributed by atoms with Crippen LogP contribution in [0.5, 0.6) is 0 Å². The van der Waals surface area contributed by atoms with Gasteiger partial charge < -0.3 is 5.73 Å². The minimum atomic E-state index is -0.159. The number of benzene rings is 1. The topological polar surface area (TPSA) is 26.0 Å². The normalized spacial score (nSPS) is 21.1. The molecule has 1 atom stereocenters. The number of hydrogen-bond donors (Lipinski definition) is 1. The van der Waals surface area contributed by atoms with Crippen LogP contribution in [0.4, 0.5) is 0 Å². The van der Waals surface area contributed by atoms with Gasteiger partial charge in [-0.25, -0.2) is 0 Å². The van der Waals surface area contributed by atoms with Crippen molar-refractivity contribution in [2.45, 2.75) is 57.9 Å². The minimum Gasteiger partial charge on any atom is -0.322 e. The first-order valence-corrected chi connectivity index (χ1v) is 6.94. The summed E-state index contributed by atoms with van der Waals surface area (Å²) in [6.07, 6.45) is 8.10. The van der Waals surface area contributed by atoms with E-state index in [2.05, 4.69) is 38.1 Å². The van der Waals surface area contributed by atoms with Gasteiger partial charge in [-0.3, -0.25) is 0 Å². The summed E-state index contributed by atoms with van der Waals surface area (Å²) in [5.41, 5.74) is 8.98. The molecule has 17 heavy (non-hydrogen) atoms. The molecule has 1 aromatic rings. The van der Waals surface area contributed by atoms with E-state index in [4.69, 9.17) is 5.73 Å². The van der Waals surface area contributed by atoms with Crippen LogP contribution in [-0.4, -0.2) is 0 Å². The van der Waals surface area contributed by atoms with Crippen molar-refractivity contribution in [1.29, 1.82) is 0 Å². The van der Waals surface area contributed by atoms with Crippen molar-refractivity contribution in [1.82, 2.24) is 0 Å². The lowest BCUT2D eigenvalue weighted by Gasteiger charge is -2.32. The summed E-state index contributed by atoms with van der Waals surface area (Å²) < 4.78 is 0. The van der Waals surface area contributed by atoms with Crippen LogP contribution < -0.4 is 5.73 Å². The predicted molar refractivity (Wildman–Crippen MR) is 73.9 cm³/mol. The Morgan fingerprint density at radius 2 is 1.94 bits per heavy atom. The molecule has 0 aromatic heterocycles. The van der Waals surface area contributed by atoms with Crippen LogP contribution in [0.3, 0.4) is 0 Å². The highest BCUT2D eigenvalue weighted by Crippen LogP contribution is 2.34. The Morgan fingerprint density at radius 3 is 2.59 bits per heavy atom. The van der Waals surface area contributed by atoms with E-state index in [1.807, 2.05) is 0 Å². The molecule has 0 spiro atoms. The fourth-order valence-electron chi connectivity index (χ4n) is 3.11. The number of nitrogens with two attached hydrogens (primary N) is 1. The molecule has 0 saturated heterocycles. The molecule has 0 radical (unpaired) electrons. The van der Waals surface area contributed by atoms with Crippen LogP contribution in [0.25, 0.3) is 0 Å². The molecule has 0 heterocycles. The van der Waals surface area contributed by atoms with E-state index in [9.17, 15) is 0 Å². The van der Waals surface area contributed by atoms with E-state index >= 15 is 0 Å². The van der Waals surface area contributed by atoms with Gasteiger partial charge in [-0.05, 0) is 31.7 Å². The standard InChI is InChI=1S/C16H25N/c1-13-7-6-10-15(11-13)16(2,17)12-14-8-4-3-5-9-14/h6-7,10-11,14H,3-5,8-9,12,17H2,1-2H3. The fraction of sp³-hybridized carbons (Fsp3) is 0.625. The first-order valence-electron chi connectivity index (χ1n) is 6.94. The second-order valence-electron chi connectivity index (χ2n) is 6.00. The van der Waals surface area contributed by atoms with Gasteiger partial charge in [0.25, 0.3) is 0 Å². The lowest BCUT2D eigenvalue weighted by atomic mass is 9.77. The van der Waals surface area contributed by atoms with Crippen LogP contribution in [0.1, 0.15) is 56.6 Å². The third kappa shape index (κ3) is 3.32. The third-order valence-electron chi connectivity index (χ3n) is 4.11. The van der Waals surface area contributed by atoms with Gasteiger partial charge in [0.05, 0.1) is 0 Å². The van der Waals surface area contributed by atoms with Crippen LogP contribution in [0.2, 0.25) is 0 Å². The lowest BCUT2D eigenvalue weighted by molar-refractivity contribution is 0.272. The van der Waals surface area contributed by atoms with Gasteiger partial charge in [0.15, 0.2) is 0 Å². The van der Waals surface area contributed by atoms with Gasteiger partial charge in [-0.2, -0.15) is 0 Å². The lowest BCUT2D eigenvalue weighted by Crippen LogP contribution is -2.35. The molecule has 2 rings (SSSR count). The summed E-state index contributed by atoms with van der Waals surface area (Å²) in [4.78, 5) is 0. The van der Waals surface area contributed by atoms with Gasteiger partial charge in [0.2, 0.25) is 0 Å². The van der Waals surface area contributed by atoms with Crippen molar-refractivity contribution < 1.29 is 0 Å². The van der Waals surface area contributed by atoms with E-state index in [1.54, 1.807) is 0 Å². The van der Waals surface area contributed by atoms with Crippen molar-refractivity contribution in [3.05, 3.63) is 35.4 Å². The fourth-order valence-corrected chi connectivity index (χ4v) is 3.11. The molecular weight excluding hydrogens is 206 g/mol. The zero-order valence-corrected chi connectivity index (χ0v) is 11.2. The molecule has 1 unspecified atom stereocenters. The molecule has 1 aromatic carbocycles. The molecule has 1 aliphatic carbocycles. The Balaban J connectivity index is 2.06. The molecule has 1 aliphatic rings. The largest absolute Gasteiger partial charge is 0.322 e. The molecule has 1 saturated carbocycles. The van der Waals surface area contributed by atoms with Crippen molar-refractivity contribution in [2.75, 3.05) is 0 Å². The average Bonchev–Trinajstić information content (AvgIpc) is 2.30. The summed E-state index contributed by atoms with van der Waals surface area (Å²) in [7, 11) is 0. The molecule has 94 valence electrons. The van der Waals surface area contributed by atoms with E-state index in [1.165, 1.54) is 43.2 Å². The highest BCUT2D eigenvalue weighted by molar-refractivity contribution is 5.28. The molecule has 2 N–H and O–H groups in total. The summed E-state index contributed by atoms with van der Waals surface area (Å²) in [6.45, 7) is 4.33. The van der Waals surface area contributed by atoms with Crippen LogP contribution >= 0.6 is 0 Å². The Kier molecular flexibility index (Phi) is 3.88.